The van der Waals surface area contributed by atoms with Gasteiger partial charge in [-0.2, -0.15) is 0 Å². The van der Waals surface area contributed by atoms with Gasteiger partial charge in [0.05, 0.1) is 40.7 Å². The minimum atomic E-state index is -3.99. The smallest absolute Gasteiger partial charge is 0.341 e. The van der Waals surface area contributed by atoms with Gasteiger partial charge in [0.2, 0.25) is 47.0 Å². The second-order valence-corrected chi connectivity index (χ2v) is 13.2. The van der Waals surface area contributed by atoms with Crippen LogP contribution in [0, 0.1) is 0 Å². The van der Waals surface area contributed by atoms with Gasteiger partial charge in [-0.15, -0.1) is 0 Å². The molecule has 24 nitrogen and oxygen atoms in total. The molecule has 2 aromatic carbocycles. The van der Waals surface area contributed by atoms with Crippen molar-refractivity contribution in [3.63, 3.8) is 0 Å². The number of hydrogen-bond acceptors (Lipinski definition) is 24. The minimum Gasteiger partial charge on any atom is -0.504 e. The van der Waals surface area contributed by atoms with Gasteiger partial charge in [0.15, 0.2) is 35.2 Å². The number of carbonyl (C=O) groups excluding carboxylic acids is 8. The summed E-state index contributed by atoms with van der Waals surface area (Å²) >= 11 is 0. The molecule has 58 heavy (non-hydrogen) atoms. The summed E-state index contributed by atoms with van der Waals surface area (Å²) in [7, 11) is 0. The van der Waals surface area contributed by atoms with Gasteiger partial charge in [-0.3, -0.25) is 19.2 Å². The Hall–Kier alpha value is -6.96. The van der Waals surface area contributed by atoms with Crippen LogP contribution in [0.4, 0.5) is 0 Å². The third-order valence-corrected chi connectivity index (χ3v) is 9.89. The maximum atomic E-state index is 14.1. The van der Waals surface area contributed by atoms with Crippen LogP contribution >= 0.6 is 0 Å². The molecule has 2 aromatic rings. The maximum absolute atomic E-state index is 14.1. The molecule has 0 saturated carbocycles. The predicted molar refractivity (Wildman–Crippen MR) is 169 cm³/mol. The van der Waals surface area contributed by atoms with Gasteiger partial charge < -0.3 is 79.9 Å². The molecule has 24 heteroatoms. The Morgan fingerprint density at radius 1 is 0.517 bits per heavy atom. The van der Waals surface area contributed by atoms with Crippen LogP contribution in [0.1, 0.15) is 43.7 Å². The fourth-order valence-electron chi connectivity index (χ4n) is 7.01. The van der Waals surface area contributed by atoms with Crippen molar-refractivity contribution >= 4 is 47.0 Å². The molecule has 2 aliphatic carbocycles. The van der Waals surface area contributed by atoms with Crippen molar-refractivity contribution in [2.75, 3.05) is 6.61 Å². The Morgan fingerprint density at radius 2 is 0.914 bits per heavy atom. The molecular weight excluding hydrogens is 792 g/mol. The quantitative estimate of drug-likeness (QED) is 0.0425. The molecule has 304 valence electrons. The van der Waals surface area contributed by atoms with E-state index in [0.717, 1.165) is 0 Å². The van der Waals surface area contributed by atoms with Crippen molar-refractivity contribution < 1.29 is 118 Å². The standard InChI is InChI=1S/C34H24O24/c35-5-12-23-24-25(57-28(46)6-1-10(36)19(40)21(42)15(6)17-8(29(47)55-23)3-13(38)33(50,51)26(17)44)32(54-12)58-31(49)7-2-11(37)20(41)22(43)16(7)18-9(30(48)56-24)4-14(39)34(52,53)27(18)45/h1-4,12,17-18,23-25,32,35-37,40-43,50-53H,5H2. The molecule has 7 rings (SSSR count). The van der Waals surface area contributed by atoms with Gasteiger partial charge in [0.25, 0.3) is 11.6 Å². The molecule has 3 heterocycles. The number of Topliss-reactive ketones (excluding diaryl/α,β-unsaturated/α-hetero) is 2. The van der Waals surface area contributed by atoms with Gasteiger partial charge in [0.1, 0.15) is 6.10 Å². The lowest BCUT2D eigenvalue weighted by Crippen LogP contribution is -2.63. The van der Waals surface area contributed by atoms with Crippen LogP contribution < -0.4 is 0 Å². The molecule has 7 atom stereocenters. The zero-order valence-electron chi connectivity index (χ0n) is 28.3. The molecule has 0 amide bonds. The molecule has 4 bridgehead atoms. The first-order valence-electron chi connectivity index (χ1n) is 16.2. The summed E-state index contributed by atoms with van der Waals surface area (Å²) in [5.41, 5.74) is -7.30. The van der Waals surface area contributed by atoms with Gasteiger partial charge in [0, 0.05) is 11.1 Å². The summed E-state index contributed by atoms with van der Waals surface area (Å²) in [4.78, 5) is 109. The summed E-state index contributed by atoms with van der Waals surface area (Å²) in [6, 6.07) is 0.663. The van der Waals surface area contributed by atoms with Crippen LogP contribution in [-0.4, -0.2) is 152 Å². The fourth-order valence-corrected chi connectivity index (χ4v) is 7.01. The summed E-state index contributed by atoms with van der Waals surface area (Å²) in [5.74, 6) is -37.3. The topological polar surface area (TPSA) is 405 Å². The monoisotopic (exact) mass is 816 g/mol. The normalized spacial score (nSPS) is 28.9. The van der Waals surface area contributed by atoms with E-state index in [4.69, 9.17) is 23.7 Å². The largest absolute Gasteiger partial charge is 0.504 e. The second kappa shape index (κ2) is 13.0. The molecule has 11 N–H and O–H groups in total. The van der Waals surface area contributed by atoms with E-state index in [0.29, 0.717) is 12.1 Å². The van der Waals surface area contributed by atoms with E-state index in [2.05, 4.69) is 0 Å². The van der Waals surface area contributed by atoms with Gasteiger partial charge in [-0.1, -0.05) is 0 Å². The number of phenolic OH excluding ortho intramolecular Hbond substituents is 6. The SMILES string of the molecule is O=C1OC2C3OC(=O)C4=CC(=O)C(O)(O)C(=O)C4c4c(cc(O)c(O)c4O)C(=O)OC2C(OC(=O)c2cc(O)c(O)c(O)c2C2C(=O)C(O)(O)C(=O)C=C12)OC3CO. The third kappa shape index (κ3) is 5.53. The number of ketones is 4. The Kier molecular flexibility index (Phi) is 8.84. The Labute approximate surface area is 318 Å². The minimum absolute atomic E-state index is 0.0975. The van der Waals surface area contributed by atoms with E-state index < -0.39 is 176 Å². The molecule has 1 fully saturated rings. The highest BCUT2D eigenvalue weighted by Gasteiger charge is 2.60. The van der Waals surface area contributed by atoms with Crippen LogP contribution in [-0.2, 0) is 52.5 Å². The third-order valence-electron chi connectivity index (χ3n) is 9.89. The number of rotatable bonds is 1. The average Bonchev–Trinajstić information content (AvgIpc) is 3.17. The average molecular weight is 817 g/mol. The van der Waals surface area contributed by atoms with Crippen LogP contribution in [0.2, 0.25) is 0 Å². The number of esters is 4. The highest BCUT2D eigenvalue weighted by atomic mass is 16.7. The molecule has 3 aliphatic heterocycles. The molecule has 5 aliphatic rings. The Bertz CT molecular complexity index is 2380. The number of carbonyl (C=O) groups is 8. The number of aliphatic hydroxyl groups excluding tert-OH is 1. The van der Waals surface area contributed by atoms with Gasteiger partial charge >= 0.3 is 23.9 Å². The fraction of sp³-hybridized carbons (Fsp3) is 0.294. The van der Waals surface area contributed by atoms with E-state index in [-0.39, 0.29) is 12.2 Å². The molecule has 0 radical (unpaired) electrons. The molecule has 0 aromatic heterocycles. The molecular formula is C34H24O24. The van der Waals surface area contributed by atoms with Crippen LogP contribution in [0.5, 0.6) is 34.5 Å². The predicted octanol–water partition coefficient (Wildman–Crippen LogP) is -4.44. The lowest BCUT2D eigenvalue weighted by molar-refractivity contribution is -0.289. The molecule has 7 unspecified atom stereocenters. The zero-order valence-corrected chi connectivity index (χ0v) is 28.3. The number of benzene rings is 2. The lowest BCUT2D eigenvalue weighted by Gasteiger charge is -2.43. The number of hydrogen-bond donors (Lipinski definition) is 11. The van der Waals surface area contributed by atoms with E-state index in [1.807, 2.05) is 0 Å². The van der Waals surface area contributed by atoms with Crippen molar-refractivity contribution in [1.82, 2.24) is 0 Å². The van der Waals surface area contributed by atoms with Crippen molar-refractivity contribution in [2.45, 2.75) is 54.1 Å². The highest BCUT2D eigenvalue weighted by Crippen LogP contribution is 2.51. The van der Waals surface area contributed by atoms with Gasteiger partial charge in [-0.05, 0) is 24.3 Å². The Balaban J connectivity index is 1.50. The van der Waals surface area contributed by atoms with Gasteiger partial charge in [-0.25, -0.2) is 19.2 Å². The zero-order chi connectivity index (χ0) is 42.7. The summed E-state index contributed by atoms with van der Waals surface area (Å²) in [6.07, 6.45) is -11.7. The van der Waals surface area contributed by atoms with E-state index in [9.17, 15) is 94.5 Å². The first kappa shape index (κ1) is 39.3. The summed E-state index contributed by atoms with van der Waals surface area (Å²) in [5, 5.41) is 115. The van der Waals surface area contributed by atoms with Crippen LogP contribution in [0.25, 0.3) is 0 Å². The summed E-state index contributed by atoms with van der Waals surface area (Å²) in [6.45, 7) is -1.30. The Morgan fingerprint density at radius 3 is 1.34 bits per heavy atom. The molecule has 0 spiro atoms. The summed E-state index contributed by atoms with van der Waals surface area (Å²) < 4.78 is 27.3. The van der Waals surface area contributed by atoms with Crippen molar-refractivity contribution in [1.29, 1.82) is 0 Å². The number of aliphatic hydroxyl groups is 5. The highest BCUT2D eigenvalue weighted by molar-refractivity contribution is 6.25. The number of ether oxygens (including phenoxy) is 5. The number of fused-ring (bicyclic) bond motifs is 6. The lowest BCUT2D eigenvalue weighted by atomic mass is 9.75. The number of phenols is 6. The van der Waals surface area contributed by atoms with E-state index in [1.165, 1.54) is 0 Å². The van der Waals surface area contributed by atoms with Crippen molar-refractivity contribution in [2.24, 2.45) is 0 Å². The van der Waals surface area contributed by atoms with Crippen molar-refractivity contribution in [3.8, 4) is 34.5 Å². The first-order chi connectivity index (χ1) is 27.0. The van der Waals surface area contributed by atoms with E-state index in [1.54, 1.807) is 0 Å². The maximum Gasteiger partial charge on any atom is 0.341 e. The first-order valence-corrected chi connectivity index (χ1v) is 16.2. The molecule has 1 saturated heterocycles. The van der Waals surface area contributed by atoms with Crippen LogP contribution in [0.3, 0.4) is 0 Å². The van der Waals surface area contributed by atoms with Crippen molar-refractivity contribution in [3.05, 3.63) is 57.7 Å². The second-order valence-electron chi connectivity index (χ2n) is 13.2. The van der Waals surface area contributed by atoms with E-state index >= 15 is 0 Å². The van der Waals surface area contributed by atoms with Crippen LogP contribution in [0.15, 0.2) is 35.4 Å². The number of aromatic hydroxyl groups is 6.